The summed E-state index contributed by atoms with van der Waals surface area (Å²) in [7, 11) is 1.56. The van der Waals surface area contributed by atoms with E-state index >= 15 is 0 Å². The molecule has 0 radical (unpaired) electrons. The average Bonchev–Trinajstić information content (AvgIpc) is 3.36. The zero-order valence-corrected chi connectivity index (χ0v) is 51.0. The van der Waals surface area contributed by atoms with E-state index < -0.39 is 20.0 Å². The summed E-state index contributed by atoms with van der Waals surface area (Å²) in [6.45, 7) is 4.84. The number of aliphatic hydroxyl groups excluding tert-OH is 1. The average molecular weight is 1060 g/mol. The maximum Gasteiger partial charge on any atom is 0.472 e. The summed E-state index contributed by atoms with van der Waals surface area (Å²) >= 11 is 0. The fourth-order valence-corrected chi connectivity index (χ4v) is 10.5. The fourth-order valence-electron chi connectivity index (χ4n) is 9.78. The number of likely N-dealkylation sites (N-methyl/N-ethyl adjacent to an activating group) is 1. The Hall–Kier alpha value is -1.28. The first-order valence-corrected chi connectivity index (χ1v) is 33.9. The first kappa shape index (κ1) is 72.7. The molecule has 3 unspecified atom stereocenters. The highest BCUT2D eigenvalue weighted by molar-refractivity contribution is 7.47. The summed E-state index contributed by atoms with van der Waals surface area (Å²) in [6, 6.07) is -0.869. The van der Waals surface area contributed by atoms with Crippen LogP contribution in [0, 0.1) is 0 Å². The third-order valence-electron chi connectivity index (χ3n) is 14.8. The smallest absolute Gasteiger partial charge is 0.387 e. The maximum absolute atomic E-state index is 13.0. The SMILES string of the molecule is CCCCCCCCCCCCCCCCCCCCC/C=C/CC/C=C/CC/C=C/C(O)C(COP(=O)(O)OCC[N+](C)(C)C)NC(=O)CCCCCCCCCCCCCCCCCCCCCCCCC. The van der Waals surface area contributed by atoms with Gasteiger partial charge in [-0.1, -0.05) is 307 Å². The maximum atomic E-state index is 13.0. The van der Waals surface area contributed by atoms with Gasteiger partial charge in [0.05, 0.1) is 39.9 Å². The standard InChI is InChI=1S/C65H127N2O6P/c1-6-8-10-12-14-16-18-20-22-24-26-28-30-31-32-33-34-35-37-38-40-42-44-46-48-50-52-54-56-58-64(68)63(62-73-74(70,71)72-61-60-67(3,4)5)66-65(69)59-57-55-53-51-49-47-45-43-41-39-36-29-27-25-23-21-19-17-15-13-11-9-7-2/h40,42,48,50,56,58,63-64,68H,6-39,41,43-47,49,51-55,57,59-62H2,1-5H3,(H-,66,69,70,71)/p+1/b42-40+,50-48+,58-56+. The molecule has 0 saturated heterocycles. The van der Waals surface area contributed by atoms with E-state index in [4.69, 9.17) is 9.05 Å². The predicted octanol–water partition coefficient (Wildman–Crippen LogP) is 20.1. The number of phosphoric acid groups is 1. The first-order chi connectivity index (χ1) is 36.0. The molecule has 0 heterocycles. The normalized spacial score (nSPS) is 14.0. The molecule has 0 spiro atoms. The van der Waals surface area contributed by atoms with Crippen molar-refractivity contribution in [1.82, 2.24) is 5.32 Å². The van der Waals surface area contributed by atoms with Crippen molar-refractivity contribution in [2.45, 2.75) is 334 Å². The molecule has 3 atom stereocenters. The summed E-state index contributed by atoms with van der Waals surface area (Å²) in [6.07, 6.45) is 74.2. The summed E-state index contributed by atoms with van der Waals surface area (Å²) < 4.78 is 23.7. The molecule has 1 amide bonds. The number of carbonyl (C=O) groups excluding carboxylic acids is 1. The number of unbranched alkanes of at least 4 members (excludes halogenated alkanes) is 43. The Bertz CT molecular complexity index is 1300. The van der Waals surface area contributed by atoms with E-state index in [1.807, 2.05) is 27.2 Å². The fraction of sp³-hybridized carbons (Fsp3) is 0.892. The van der Waals surface area contributed by atoms with Gasteiger partial charge in [0.1, 0.15) is 13.2 Å². The molecule has 438 valence electrons. The summed E-state index contributed by atoms with van der Waals surface area (Å²) in [5, 5.41) is 14.0. The molecule has 0 aliphatic carbocycles. The van der Waals surface area contributed by atoms with Gasteiger partial charge in [-0.05, 0) is 44.9 Å². The van der Waals surface area contributed by atoms with Crippen LogP contribution >= 0.6 is 7.82 Å². The second kappa shape index (κ2) is 56.4. The highest BCUT2D eigenvalue weighted by Crippen LogP contribution is 2.43. The summed E-state index contributed by atoms with van der Waals surface area (Å²) in [5.74, 6) is -0.184. The van der Waals surface area contributed by atoms with E-state index in [-0.39, 0.29) is 19.1 Å². The first-order valence-electron chi connectivity index (χ1n) is 32.4. The monoisotopic (exact) mass is 1060 g/mol. The molecule has 0 aliphatic heterocycles. The van der Waals surface area contributed by atoms with Crippen LogP contribution in [-0.2, 0) is 18.4 Å². The molecule has 0 aromatic rings. The molecule has 0 saturated carbocycles. The minimum Gasteiger partial charge on any atom is -0.387 e. The van der Waals surface area contributed by atoms with Gasteiger partial charge in [-0.25, -0.2) is 4.57 Å². The Balaban J connectivity index is 4.17. The van der Waals surface area contributed by atoms with Crippen LogP contribution in [0.25, 0.3) is 0 Å². The van der Waals surface area contributed by atoms with E-state index in [2.05, 4.69) is 43.5 Å². The summed E-state index contributed by atoms with van der Waals surface area (Å²) in [4.78, 5) is 23.4. The van der Waals surface area contributed by atoms with Crippen molar-refractivity contribution < 1.29 is 32.9 Å². The van der Waals surface area contributed by atoms with E-state index in [0.717, 1.165) is 44.9 Å². The van der Waals surface area contributed by atoms with E-state index in [1.54, 1.807) is 6.08 Å². The molecule has 0 aliphatic rings. The van der Waals surface area contributed by atoms with Crippen LogP contribution in [0.5, 0.6) is 0 Å². The lowest BCUT2D eigenvalue weighted by Gasteiger charge is -2.25. The van der Waals surface area contributed by atoms with Crippen molar-refractivity contribution in [3.63, 3.8) is 0 Å². The minimum absolute atomic E-state index is 0.0553. The molecule has 0 aromatic heterocycles. The Labute approximate surface area is 461 Å². The largest absolute Gasteiger partial charge is 0.472 e. The molecule has 0 rings (SSSR count). The van der Waals surface area contributed by atoms with Crippen LogP contribution in [0.3, 0.4) is 0 Å². The highest BCUT2D eigenvalue weighted by atomic mass is 31.2. The lowest BCUT2D eigenvalue weighted by Crippen LogP contribution is -2.45. The lowest BCUT2D eigenvalue weighted by molar-refractivity contribution is -0.870. The van der Waals surface area contributed by atoms with Crippen molar-refractivity contribution in [3.8, 4) is 0 Å². The molecule has 3 N–H and O–H groups in total. The van der Waals surface area contributed by atoms with Crippen LogP contribution in [0.4, 0.5) is 0 Å². The highest BCUT2D eigenvalue weighted by Gasteiger charge is 2.27. The van der Waals surface area contributed by atoms with Gasteiger partial charge in [0.25, 0.3) is 0 Å². The van der Waals surface area contributed by atoms with Crippen LogP contribution in [0.2, 0.25) is 0 Å². The molecule has 0 bridgehead atoms. The van der Waals surface area contributed by atoms with Crippen LogP contribution < -0.4 is 5.32 Å². The number of hydrogen-bond acceptors (Lipinski definition) is 5. The number of aliphatic hydroxyl groups is 1. The van der Waals surface area contributed by atoms with Gasteiger partial charge in [-0.3, -0.25) is 13.8 Å². The van der Waals surface area contributed by atoms with Gasteiger partial charge in [-0.15, -0.1) is 0 Å². The van der Waals surface area contributed by atoms with Gasteiger partial charge in [0.15, 0.2) is 0 Å². The number of phosphoric ester groups is 1. The second-order valence-electron chi connectivity index (χ2n) is 23.5. The third-order valence-corrected chi connectivity index (χ3v) is 15.8. The van der Waals surface area contributed by atoms with Crippen molar-refractivity contribution >= 4 is 13.7 Å². The molecule has 9 heteroatoms. The number of hydrogen-bond donors (Lipinski definition) is 3. The second-order valence-corrected chi connectivity index (χ2v) is 24.9. The zero-order valence-electron chi connectivity index (χ0n) is 50.1. The van der Waals surface area contributed by atoms with Crippen molar-refractivity contribution in [2.75, 3.05) is 40.9 Å². The number of quaternary nitrogens is 1. The number of allylic oxidation sites excluding steroid dienone is 5. The van der Waals surface area contributed by atoms with Gasteiger partial charge < -0.3 is 19.8 Å². The molecular weight excluding hydrogens is 936 g/mol. The number of carbonyl (C=O) groups is 1. The number of nitrogens with one attached hydrogen (secondary N) is 1. The Morgan fingerprint density at radius 3 is 1.08 bits per heavy atom. The van der Waals surface area contributed by atoms with Gasteiger partial charge in [0.2, 0.25) is 5.91 Å². The number of amides is 1. The van der Waals surface area contributed by atoms with Crippen LogP contribution in [0.1, 0.15) is 322 Å². The quantitative estimate of drug-likeness (QED) is 0.0243. The molecule has 0 fully saturated rings. The van der Waals surface area contributed by atoms with Gasteiger partial charge in [-0.2, -0.15) is 0 Å². The Kier molecular flexibility index (Phi) is 55.5. The lowest BCUT2D eigenvalue weighted by atomic mass is 10.0. The zero-order chi connectivity index (χ0) is 54.2. The van der Waals surface area contributed by atoms with Crippen molar-refractivity contribution in [3.05, 3.63) is 36.5 Å². The Morgan fingerprint density at radius 1 is 0.446 bits per heavy atom. The molecule has 8 nitrogen and oxygen atoms in total. The van der Waals surface area contributed by atoms with E-state index in [1.165, 1.54) is 257 Å². The predicted molar refractivity (Wildman–Crippen MR) is 323 cm³/mol. The molecule has 74 heavy (non-hydrogen) atoms. The van der Waals surface area contributed by atoms with Crippen LogP contribution in [-0.4, -0.2) is 73.4 Å². The summed E-state index contributed by atoms with van der Waals surface area (Å²) in [5.41, 5.74) is 0. The number of rotatable bonds is 60. The van der Waals surface area contributed by atoms with Gasteiger partial charge in [0, 0.05) is 6.42 Å². The van der Waals surface area contributed by atoms with E-state index in [0.29, 0.717) is 17.4 Å². The van der Waals surface area contributed by atoms with Gasteiger partial charge >= 0.3 is 7.82 Å². The molecular formula is C65H128N2O6P+. The number of nitrogens with zero attached hydrogens (tertiary/aromatic N) is 1. The molecule has 0 aromatic carbocycles. The third kappa shape index (κ3) is 58.4. The Morgan fingerprint density at radius 2 is 0.743 bits per heavy atom. The van der Waals surface area contributed by atoms with Crippen molar-refractivity contribution in [2.24, 2.45) is 0 Å². The minimum atomic E-state index is -4.36. The van der Waals surface area contributed by atoms with Crippen molar-refractivity contribution in [1.29, 1.82) is 0 Å². The van der Waals surface area contributed by atoms with Crippen LogP contribution in [0.15, 0.2) is 36.5 Å². The topological polar surface area (TPSA) is 105 Å². The van der Waals surface area contributed by atoms with E-state index in [9.17, 15) is 19.4 Å².